The molecule has 2 aromatic rings. The smallest absolute Gasteiger partial charge is 0.175 e. The summed E-state index contributed by atoms with van der Waals surface area (Å²) in [4.78, 5) is 0. The van der Waals surface area contributed by atoms with E-state index in [9.17, 15) is 0 Å². The van der Waals surface area contributed by atoms with Crippen molar-refractivity contribution in [3.8, 4) is 16.9 Å². The van der Waals surface area contributed by atoms with Crippen LogP contribution in [-0.4, -0.2) is 11.8 Å². The molecule has 1 aromatic heterocycles. The highest BCUT2D eigenvalue weighted by atomic mass is 16.5. The predicted octanol–water partition coefficient (Wildman–Crippen LogP) is 4.06. The summed E-state index contributed by atoms with van der Waals surface area (Å²) < 4.78 is 11.0. The third-order valence-electron chi connectivity index (χ3n) is 4.19. The number of nitrogens with zero attached hydrogens (tertiary/aromatic N) is 1. The first-order chi connectivity index (χ1) is 10.3. The van der Waals surface area contributed by atoms with E-state index in [1.807, 2.05) is 31.2 Å². The van der Waals surface area contributed by atoms with Gasteiger partial charge in [-0.2, -0.15) is 0 Å². The number of hydrogen-bond acceptors (Lipinski definition) is 4. The van der Waals surface area contributed by atoms with Crippen molar-refractivity contribution in [1.82, 2.24) is 5.16 Å². The Morgan fingerprint density at radius 3 is 2.62 bits per heavy atom. The lowest BCUT2D eigenvalue weighted by Crippen LogP contribution is -1.99. The molecule has 4 nitrogen and oxygen atoms in total. The molecule has 1 fully saturated rings. The molecule has 2 N–H and O–H groups in total. The number of hydrogen-bond donors (Lipinski definition) is 1. The maximum Gasteiger partial charge on any atom is 0.175 e. The largest absolute Gasteiger partial charge is 0.494 e. The van der Waals surface area contributed by atoms with Crippen molar-refractivity contribution in [3.63, 3.8) is 0 Å². The topological polar surface area (TPSA) is 61.3 Å². The van der Waals surface area contributed by atoms with Crippen LogP contribution in [-0.2, 0) is 6.42 Å². The standard InChI is InChI=1S/C17H22N2O2/c1-2-20-14-9-7-13(8-10-14)16-15(21-19-17(16)18)11-12-5-3-4-6-12/h7-10,12H,2-6,11H2,1H3,(H2,18,19). The van der Waals surface area contributed by atoms with Gasteiger partial charge in [0.2, 0.25) is 0 Å². The number of nitrogens with two attached hydrogens (primary N) is 1. The minimum Gasteiger partial charge on any atom is -0.494 e. The Morgan fingerprint density at radius 2 is 1.95 bits per heavy atom. The highest BCUT2D eigenvalue weighted by Gasteiger charge is 2.22. The van der Waals surface area contributed by atoms with Crippen molar-refractivity contribution < 1.29 is 9.26 Å². The summed E-state index contributed by atoms with van der Waals surface area (Å²) in [5.74, 6) is 2.98. The third kappa shape index (κ3) is 3.04. The summed E-state index contributed by atoms with van der Waals surface area (Å²) in [5, 5.41) is 3.97. The Hall–Kier alpha value is -1.97. The molecule has 0 radical (unpaired) electrons. The van der Waals surface area contributed by atoms with E-state index in [0.717, 1.165) is 29.1 Å². The van der Waals surface area contributed by atoms with Crippen LogP contribution in [0.25, 0.3) is 11.1 Å². The second kappa shape index (κ2) is 6.20. The second-order valence-electron chi connectivity index (χ2n) is 5.68. The van der Waals surface area contributed by atoms with E-state index < -0.39 is 0 Å². The van der Waals surface area contributed by atoms with E-state index in [1.54, 1.807) is 0 Å². The van der Waals surface area contributed by atoms with Crippen molar-refractivity contribution in [1.29, 1.82) is 0 Å². The Labute approximate surface area is 125 Å². The van der Waals surface area contributed by atoms with Crippen LogP contribution in [0.1, 0.15) is 38.4 Å². The molecule has 0 amide bonds. The average molecular weight is 286 g/mol. The number of rotatable bonds is 5. The molecule has 1 aliphatic carbocycles. The van der Waals surface area contributed by atoms with Crippen LogP contribution < -0.4 is 10.5 Å². The SMILES string of the molecule is CCOc1ccc(-c2c(N)noc2CC2CCCC2)cc1. The quantitative estimate of drug-likeness (QED) is 0.900. The second-order valence-corrected chi connectivity index (χ2v) is 5.68. The van der Waals surface area contributed by atoms with E-state index in [2.05, 4.69) is 5.16 Å². The zero-order chi connectivity index (χ0) is 14.7. The summed E-state index contributed by atoms with van der Waals surface area (Å²) in [5.41, 5.74) is 8.00. The van der Waals surface area contributed by atoms with Crippen molar-refractivity contribution in [2.75, 3.05) is 12.3 Å². The van der Waals surface area contributed by atoms with E-state index in [4.69, 9.17) is 15.0 Å². The van der Waals surface area contributed by atoms with E-state index in [1.165, 1.54) is 25.7 Å². The van der Waals surface area contributed by atoms with Gasteiger partial charge in [-0.25, -0.2) is 0 Å². The maximum atomic E-state index is 6.01. The fourth-order valence-corrected chi connectivity index (χ4v) is 3.15. The summed E-state index contributed by atoms with van der Waals surface area (Å²) in [7, 11) is 0. The fraction of sp³-hybridized carbons (Fsp3) is 0.471. The van der Waals surface area contributed by atoms with Crippen LogP contribution in [0.2, 0.25) is 0 Å². The lowest BCUT2D eigenvalue weighted by molar-refractivity contribution is 0.340. The zero-order valence-electron chi connectivity index (χ0n) is 12.5. The van der Waals surface area contributed by atoms with Crippen molar-refractivity contribution in [2.24, 2.45) is 5.92 Å². The van der Waals surface area contributed by atoms with Gasteiger partial charge >= 0.3 is 0 Å². The zero-order valence-corrected chi connectivity index (χ0v) is 12.5. The molecule has 0 aliphatic heterocycles. The molecular weight excluding hydrogens is 264 g/mol. The predicted molar refractivity (Wildman–Crippen MR) is 83.2 cm³/mol. The van der Waals surface area contributed by atoms with Gasteiger partial charge in [-0.15, -0.1) is 0 Å². The monoisotopic (exact) mass is 286 g/mol. The van der Waals surface area contributed by atoms with Gasteiger partial charge in [-0.3, -0.25) is 0 Å². The summed E-state index contributed by atoms with van der Waals surface area (Å²) >= 11 is 0. The van der Waals surface area contributed by atoms with Gasteiger partial charge in [0.1, 0.15) is 11.5 Å². The molecule has 0 bridgehead atoms. The molecule has 1 aliphatic rings. The lowest BCUT2D eigenvalue weighted by atomic mass is 9.97. The molecule has 0 spiro atoms. The molecular formula is C17H22N2O2. The van der Waals surface area contributed by atoms with Crippen molar-refractivity contribution >= 4 is 5.82 Å². The normalized spacial score (nSPS) is 15.5. The number of ether oxygens (including phenoxy) is 1. The first-order valence-electron chi connectivity index (χ1n) is 7.75. The number of aromatic nitrogens is 1. The van der Waals surface area contributed by atoms with Gasteiger partial charge in [0.15, 0.2) is 5.82 Å². The molecule has 3 rings (SSSR count). The molecule has 1 saturated carbocycles. The molecule has 4 heteroatoms. The van der Waals surface area contributed by atoms with Gasteiger partial charge < -0.3 is 15.0 Å². The van der Waals surface area contributed by atoms with Crippen LogP contribution in [0.5, 0.6) is 5.75 Å². The van der Waals surface area contributed by atoms with Crippen molar-refractivity contribution in [2.45, 2.75) is 39.0 Å². The highest BCUT2D eigenvalue weighted by molar-refractivity contribution is 5.75. The van der Waals surface area contributed by atoms with Gasteiger partial charge in [-0.1, -0.05) is 43.0 Å². The van der Waals surface area contributed by atoms with Crippen LogP contribution >= 0.6 is 0 Å². The summed E-state index contributed by atoms with van der Waals surface area (Å²) in [6.45, 7) is 2.65. The lowest BCUT2D eigenvalue weighted by Gasteiger charge is -2.08. The van der Waals surface area contributed by atoms with E-state index >= 15 is 0 Å². The average Bonchev–Trinajstić information content (AvgIpc) is 3.11. The maximum absolute atomic E-state index is 6.01. The molecule has 0 atom stereocenters. The Balaban J connectivity index is 1.84. The molecule has 1 aromatic carbocycles. The van der Waals surface area contributed by atoms with Gasteiger partial charge in [0.25, 0.3) is 0 Å². The van der Waals surface area contributed by atoms with Gasteiger partial charge in [0, 0.05) is 6.42 Å². The minimum atomic E-state index is 0.479. The van der Waals surface area contributed by atoms with Crippen LogP contribution in [0.4, 0.5) is 5.82 Å². The molecule has 0 unspecified atom stereocenters. The molecule has 112 valence electrons. The number of anilines is 1. The van der Waals surface area contributed by atoms with Crippen LogP contribution in [0.15, 0.2) is 28.8 Å². The molecule has 1 heterocycles. The first-order valence-corrected chi connectivity index (χ1v) is 7.75. The van der Waals surface area contributed by atoms with Crippen LogP contribution in [0, 0.1) is 5.92 Å². The number of nitrogen functional groups attached to an aromatic ring is 1. The molecule has 21 heavy (non-hydrogen) atoms. The number of benzene rings is 1. The first kappa shape index (κ1) is 14.0. The molecule has 0 saturated heterocycles. The van der Waals surface area contributed by atoms with Gasteiger partial charge in [-0.05, 0) is 30.5 Å². The Morgan fingerprint density at radius 1 is 1.24 bits per heavy atom. The van der Waals surface area contributed by atoms with Crippen LogP contribution in [0.3, 0.4) is 0 Å². The Bertz CT molecular complexity index is 583. The summed E-state index contributed by atoms with van der Waals surface area (Å²) in [6.07, 6.45) is 6.15. The Kier molecular flexibility index (Phi) is 4.13. The van der Waals surface area contributed by atoms with Crippen molar-refractivity contribution in [3.05, 3.63) is 30.0 Å². The van der Waals surface area contributed by atoms with E-state index in [-0.39, 0.29) is 0 Å². The highest BCUT2D eigenvalue weighted by Crippen LogP contribution is 2.35. The third-order valence-corrected chi connectivity index (χ3v) is 4.19. The van der Waals surface area contributed by atoms with E-state index in [0.29, 0.717) is 18.3 Å². The van der Waals surface area contributed by atoms with Gasteiger partial charge in [0.05, 0.1) is 12.2 Å². The minimum absolute atomic E-state index is 0.479. The summed E-state index contributed by atoms with van der Waals surface area (Å²) in [6, 6.07) is 7.97. The fourth-order valence-electron chi connectivity index (χ4n) is 3.15.